The zero-order valence-corrected chi connectivity index (χ0v) is 12.8. The van der Waals surface area contributed by atoms with Crippen molar-refractivity contribution in [3.05, 3.63) is 77.9 Å². The molecule has 0 amide bonds. The van der Waals surface area contributed by atoms with Crippen LogP contribution in [-0.4, -0.2) is 15.2 Å². The van der Waals surface area contributed by atoms with E-state index in [1.54, 1.807) is 0 Å². The van der Waals surface area contributed by atoms with E-state index >= 15 is 0 Å². The fourth-order valence-corrected chi connectivity index (χ4v) is 3.68. The Morgan fingerprint density at radius 2 is 1.42 bits per heavy atom. The minimum absolute atomic E-state index is 0.684. The number of aromatic nitrogens is 1. The standard InChI is InChI=1S/C21H15NO2/c23-20-16-8-4-3-7-15(16)19-17(21(20)24)11-13-10-9-12-5-1-2-6-14(12)18(13)22-19/h1-11,20-21,23-24H. The summed E-state index contributed by atoms with van der Waals surface area (Å²) in [6.45, 7) is 0. The first-order valence-electron chi connectivity index (χ1n) is 8.02. The topological polar surface area (TPSA) is 53.4 Å². The van der Waals surface area contributed by atoms with Crippen molar-refractivity contribution in [3.63, 3.8) is 0 Å². The molecule has 0 saturated carbocycles. The highest BCUT2D eigenvalue weighted by Gasteiger charge is 2.32. The van der Waals surface area contributed by atoms with E-state index < -0.39 is 12.2 Å². The van der Waals surface area contributed by atoms with E-state index in [2.05, 4.69) is 18.2 Å². The molecule has 4 aromatic rings. The molecule has 0 saturated heterocycles. The Labute approximate surface area is 138 Å². The molecule has 1 heterocycles. The van der Waals surface area contributed by atoms with Gasteiger partial charge in [0.25, 0.3) is 0 Å². The van der Waals surface area contributed by atoms with Crippen molar-refractivity contribution in [2.24, 2.45) is 0 Å². The van der Waals surface area contributed by atoms with Crippen LogP contribution >= 0.6 is 0 Å². The molecule has 2 unspecified atom stereocenters. The SMILES string of the molecule is OC1c2ccccc2-c2nc3c(ccc4ccccc43)cc2C1O. The lowest BCUT2D eigenvalue weighted by molar-refractivity contribution is 0.0156. The summed E-state index contributed by atoms with van der Waals surface area (Å²) in [7, 11) is 0. The maximum absolute atomic E-state index is 10.6. The summed E-state index contributed by atoms with van der Waals surface area (Å²) in [5.74, 6) is 0. The van der Waals surface area contributed by atoms with Crippen LogP contribution in [0.1, 0.15) is 23.3 Å². The van der Waals surface area contributed by atoms with Crippen molar-refractivity contribution < 1.29 is 10.2 Å². The summed E-state index contributed by atoms with van der Waals surface area (Å²) >= 11 is 0. The van der Waals surface area contributed by atoms with Crippen LogP contribution < -0.4 is 0 Å². The average Bonchev–Trinajstić information content (AvgIpc) is 2.65. The van der Waals surface area contributed by atoms with Crippen molar-refractivity contribution >= 4 is 21.7 Å². The summed E-state index contributed by atoms with van der Waals surface area (Å²) in [6, 6.07) is 21.8. The summed E-state index contributed by atoms with van der Waals surface area (Å²) < 4.78 is 0. The summed E-state index contributed by atoms with van der Waals surface area (Å²) in [6.07, 6.45) is -1.88. The number of hydrogen-bond donors (Lipinski definition) is 2. The number of aliphatic hydroxyl groups excluding tert-OH is 2. The van der Waals surface area contributed by atoms with Gasteiger partial charge in [0.2, 0.25) is 0 Å². The molecular formula is C21H15NO2. The van der Waals surface area contributed by atoms with Gasteiger partial charge in [-0.3, -0.25) is 0 Å². The molecule has 2 N–H and O–H groups in total. The van der Waals surface area contributed by atoms with Gasteiger partial charge in [0, 0.05) is 21.9 Å². The van der Waals surface area contributed by atoms with E-state index in [0.717, 1.165) is 38.5 Å². The zero-order valence-electron chi connectivity index (χ0n) is 12.8. The van der Waals surface area contributed by atoms with Crippen molar-refractivity contribution in [2.45, 2.75) is 12.2 Å². The van der Waals surface area contributed by atoms with E-state index in [4.69, 9.17) is 4.98 Å². The molecule has 5 rings (SSSR count). The van der Waals surface area contributed by atoms with Crippen LogP contribution in [-0.2, 0) is 0 Å². The smallest absolute Gasteiger partial charge is 0.111 e. The molecule has 3 heteroatoms. The molecule has 0 fully saturated rings. The van der Waals surface area contributed by atoms with Crippen molar-refractivity contribution in [2.75, 3.05) is 0 Å². The Bertz CT molecular complexity index is 1100. The summed E-state index contributed by atoms with van der Waals surface area (Å²) in [4.78, 5) is 4.90. The number of nitrogens with zero attached hydrogens (tertiary/aromatic N) is 1. The molecule has 0 aliphatic heterocycles. The molecule has 1 aliphatic rings. The number of aliphatic hydroxyl groups is 2. The number of pyridine rings is 1. The minimum Gasteiger partial charge on any atom is -0.385 e. The lowest BCUT2D eigenvalue weighted by Crippen LogP contribution is -2.18. The molecule has 1 aliphatic carbocycles. The summed E-state index contributed by atoms with van der Waals surface area (Å²) in [5.41, 5.74) is 3.98. The van der Waals surface area contributed by atoms with Gasteiger partial charge in [-0.2, -0.15) is 0 Å². The highest BCUT2D eigenvalue weighted by Crippen LogP contribution is 2.44. The number of fused-ring (bicyclic) bond motifs is 6. The van der Waals surface area contributed by atoms with Gasteiger partial charge in [-0.15, -0.1) is 0 Å². The third kappa shape index (κ3) is 1.77. The van der Waals surface area contributed by atoms with Gasteiger partial charge >= 0.3 is 0 Å². The van der Waals surface area contributed by atoms with Gasteiger partial charge in [-0.1, -0.05) is 60.7 Å². The first-order valence-corrected chi connectivity index (χ1v) is 8.02. The highest BCUT2D eigenvalue weighted by molar-refractivity contribution is 6.06. The second-order valence-electron chi connectivity index (χ2n) is 6.26. The molecule has 116 valence electrons. The Balaban J connectivity index is 1.92. The van der Waals surface area contributed by atoms with Gasteiger partial charge in [0.15, 0.2) is 0 Å². The van der Waals surface area contributed by atoms with Crippen LogP contribution in [0.5, 0.6) is 0 Å². The van der Waals surface area contributed by atoms with Gasteiger partial charge in [0.05, 0.1) is 11.2 Å². The van der Waals surface area contributed by atoms with E-state index in [1.165, 1.54) is 0 Å². The molecule has 24 heavy (non-hydrogen) atoms. The monoisotopic (exact) mass is 313 g/mol. The van der Waals surface area contributed by atoms with Crippen LogP contribution in [0.15, 0.2) is 66.7 Å². The van der Waals surface area contributed by atoms with Crippen LogP contribution in [0, 0.1) is 0 Å². The molecule has 2 atom stereocenters. The van der Waals surface area contributed by atoms with E-state index in [0.29, 0.717) is 5.56 Å². The number of hydrogen-bond acceptors (Lipinski definition) is 3. The molecular weight excluding hydrogens is 298 g/mol. The first kappa shape index (κ1) is 13.7. The van der Waals surface area contributed by atoms with Gasteiger partial charge in [-0.05, 0) is 17.0 Å². The Morgan fingerprint density at radius 3 is 2.33 bits per heavy atom. The average molecular weight is 313 g/mol. The quantitative estimate of drug-likeness (QED) is 0.480. The molecule has 3 aromatic carbocycles. The second kappa shape index (κ2) is 4.87. The maximum atomic E-state index is 10.6. The fourth-order valence-electron chi connectivity index (χ4n) is 3.68. The van der Waals surface area contributed by atoms with Crippen LogP contribution in [0.25, 0.3) is 32.9 Å². The largest absolute Gasteiger partial charge is 0.385 e. The summed E-state index contributed by atoms with van der Waals surface area (Å²) in [5, 5.41) is 24.2. The molecule has 0 bridgehead atoms. The van der Waals surface area contributed by atoms with Crippen molar-refractivity contribution in [1.82, 2.24) is 4.98 Å². The zero-order chi connectivity index (χ0) is 16.3. The molecule has 3 nitrogen and oxygen atoms in total. The third-order valence-corrected chi connectivity index (χ3v) is 4.89. The van der Waals surface area contributed by atoms with Gasteiger partial charge < -0.3 is 10.2 Å². The van der Waals surface area contributed by atoms with Crippen LogP contribution in [0.2, 0.25) is 0 Å². The number of rotatable bonds is 0. The third-order valence-electron chi connectivity index (χ3n) is 4.89. The Kier molecular flexibility index (Phi) is 2.77. The fraction of sp³-hybridized carbons (Fsp3) is 0.0952. The van der Waals surface area contributed by atoms with Crippen molar-refractivity contribution in [1.29, 1.82) is 0 Å². The molecule has 0 radical (unpaired) electrons. The van der Waals surface area contributed by atoms with Gasteiger partial charge in [-0.25, -0.2) is 4.98 Å². The first-order chi connectivity index (χ1) is 11.7. The maximum Gasteiger partial charge on any atom is 0.111 e. The number of benzene rings is 3. The predicted molar refractivity (Wildman–Crippen MR) is 94.6 cm³/mol. The van der Waals surface area contributed by atoms with Gasteiger partial charge in [0.1, 0.15) is 12.2 Å². The Hall–Kier alpha value is -2.75. The molecule has 1 aromatic heterocycles. The van der Waals surface area contributed by atoms with E-state index in [-0.39, 0.29) is 0 Å². The second-order valence-corrected chi connectivity index (χ2v) is 6.26. The molecule has 0 spiro atoms. The Morgan fingerprint density at radius 1 is 0.708 bits per heavy atom. The van der Waals surface area contributed by atoms with E-state index in [9.17, 15) is 10.2 Å². The highest BCUT2D eigenvalue weighted by atomic mass is 16.3. The van der Waals surface area contributed by atoms with E-state index in [1.807, 2.05) is 48.5 Å². The lowest BCUT2D eigenvalue weighted by atomic mass is 9.84. The normalized spacial score (nSPS) is 19.2. The predicted octanol–water partition coefficient (Wildman–Crippen LogP) is 4.14. The lowest BCUT2D eigenvalue weighted by Gasteiger charge is -2.28. The van der Waals surface area contributed by atoms with Crippen LogP contribution in [0.4, 0.5) is 0 Å². The minimum atomic E-state index is -0.960. The van der Waals surface area contributed by atoms with Crippen LogP contribution in [0.3, 0.4) is 0 Å². The van der Waals surface area contributed by atoms with Crippen molar-refractivity contribution in [3.8, 4) is 11.3 Å².